The second-order valence-electron chi connectivity index (χ2n) is 9.85. The molecule has 0 heterocycles. The molecule has 0 saturated heterocycles. The number of aliphatic hydroxyl groups is 2. The van der Waals surface area contributed by atoms with Crippen LogP contribution >= 0.6 is 0 Å². The first kappa shape index (κ1) is 30.9. The highest BCUT2D eigenvalue weighted by Crippen LogP contribution is 2.15. The highest BCUT2D eigenvalue weighted by molar-refractivity contribution is 4.59. The third kappa shape index (κ3) is 26.0. The van der Waals surface area contributed by atoms with Crippen molar-refractivity contribution in [1.29, 1.82) is 0 Å². The minimum Gasteiger partial charge on any atom is -0.379 e. The van der Waals surface area contributed by atoms with Gasteiger partial charge in [-0.3, -0.25) is 5.32 Å². The summed E-state index contributed by atoms with van der Waals surface area (Å²) < 4.78 is 0. The Morgan fingerprint density at radius 1 is 0.387 bits per heavy atom. The van der Waals surface area contributed by atoms with Gasteiger partial charge in [-0.15, -0.1) is 0 Å². The highest BCUT2D eigenvalue weighted by Gasteiger charge is 2.09. The number of hydrogen-bond acceptors (Lipinski definition) is 3. The number of rotatable bonds is 26. The average molecular weight is 442 g/mol. The van der Waals surface area contributed by atoms with Gasteiger partial charge in [-0.2, -0.15) is 0 Å². The Labute approximate surface area is 196 Å². The third-order valence-corrected chi connectivity index (χ3v) is 6.55. The molecular weight excluding hydrogens is 382 g/mol. The molecule has 0 amide bonds. The molecule has 0 aromatic rings. The van der Waals surface area contributed by atoms with E-state index >= 15 is 0 Å². The first-order valence-corrected chi connectivity index (χ1v) is 14.3. The second-order valence-corrected chi connectivity index (χ2v) is 9.85. The van der Waals surface area contributed by atoms with Gasteiger partial charge < -0.3 is 10.2 Å². The van der Waals surface area contributed by atoms with Gasteiger partial charge in [-0.05, 0) is 25.7 Å². The summed E-state index contributed by atoms with van der Waals surface area (Å²) in [5.74, 6) is 0. The molecule has 3 nitrogen and oxygen atoms in total. The normalized spacial score (nSPS) is 13.5. The van der Waals surface area contributed by atoms with Crippen LogP contribution in [0.5, 0.6) is 0 Å². The molecule has 2 unspecified atom stereocenters. The molecule has 0 spiro atoms. The zero-order valence-electron chi connectivity index (χ0n) is 21.5. The molecule has 0 rings (SSSR count). The molecular formula is C28H59NO2. The Morgan fingerprint density at radius 3 is 0.935 bits per heavy atom. The fourth-order valence-corrected chi connectivity index (χ4v) is 4.39. The molecule has 0 aromatic heterocycles. The van der Waals surface area contributed by atoms with Gasteiger partial charge in [0.05, 0.1) is 0 Å². The van der Waals surface area contributed by atoms with Crippen LogP contribution in [0.15, 0.2) is 0 Å². The molecule has 2 atom stereocenters. The molecule has 31 heavy (non-hydrogen) atoms. The fourth-order valence-electron chi connectivity index (χ4n) is 4.39. The van der Waals surface area contributed by atoms with Gasteiger partial charge in [0.1, 0.15) is 12.5 Å². The highest BCUT2D eigenvalue weighted by atomic mass is 16.3. The van der Waals surface area contributed by atoms with Crippen LogP contribution in [-0.4, -0.2) is 22.7 Å². The Kier molecular flexibility index (Phi) is 26.0. The van der Waals surface area contributed by atoms with E-state index in [0.717, 1.165) is 38.5 Å². The quantitative estimate of drug-likeness (QED) is 0.0930. The molecule has 3 heteroatoms. The zero-order valence-corrected chi connectivity index (χ0v) is 21.5. The van der Waals surface area contributed by atoms with E-state index in [-0.39, 0.29) is 0 Å². The SMILES string of the molecule is CCCCCCCCCCCCCCCCCCCCCC(O)NC(O)CCCCC. The lowest BCUT2D eigenvalue weighted by Crippen LogP contribution is -2.38. The van der Waals surface area contributed by atoms with Gasteiger partial charge in [0.15, 0.2) is 0 Å². The number of aliphatic hydroxyl groups excluding tert-OH is 2. The first-order chi connectivity index (χ1) is 15.2. The summed E-state index contributed by atoms with van der Waals surface area (Å²) in [6, 6.07) is 0. The van der Waals surface area contributed by atoms with Gasteiger partial charge in [0, 0.05) is 0 Å². The van der Waals surface area contributed by atoms with Crippen molar-refractivity contribution in [3.8, 4) is 0 Å². The van der Waals surface area contributed by atoms with Crippen LogP contribution in [0.4, 0.5) is 0 Å². The van der Waals surface area contributed by atoms with Crippen molar-refractivity contribution in [3.05, 3.63) is 0 Å². The van der Waals surface area contributed by atoms with E-state index in [1.807, 2.05) is 0 Å². The average Bonchev–Trinajstić information content (AvgIpc) is 2.75. The van der Waals surface area contributed by atoms with E-state index in [1.54, 1.807) is 0 Å². The molecule has 0 bridgehead atoms. The number of nitrogens with one attached hydrogen (secondary N) is 1. The van der Waals surface area contributed by atoms with E-state index in [0.29, 0.717) is 0 Å². The molecule has 0 aliphatic carbocycles. The lowest BCUT2D eigenvalue weighted by Gasteiger charge is -2.18. The summed E-state index contributed by atoms with van der Waals surface area (Å²) in [5, 5.41) is 22.7. The summed E-state index contributed by atoms with van der Waals surface area (Å²) >= 11 is 0. The van der Waals surface area contributed by atoms with Crippen LogP contribution in [0.3, 0.4) is 0 Å². The standard InChI is InChI=1S/C28H59NO2/c1-3-5-7-8-9-10-11-12-13-14-15-16-17-18-19-20-21-22-24-26-28(31)29-27(30)25-23-6-4-2/h27-31H,3-26H2,1-2H3. The zero-order chi connectivity index (χ0) is 22.8. The Morgan fingerprint density at radius 2 is 0.613 bits per heavy atom. The topological polar surface area (TPSA) is 52.5 Å². The van der Waals surface area contributed by atoms with Gasteiger partial charge in [0.2, 0.25) is 0 Å². The smallest absolute Gasteiger partial charge is 0.106 e. The Balaban J connectivity index is 3.16. The third-order valence-electron chi connectivity index (χ3n) is 6.55. The second kappa shape index (κ2) is 26.1. The molecule has 188 valence electrons. The van der Waals surface area contributed by atoms with Crippen LogP contribution < -0.4 is 5.32 Å². The maximum Gasteiger partial charge on any atom is 0.106 e. The molecule has 0 saturated carbocycles. The van der Waals surface area contributed by atoms with Crippen molar-refractivity contribution in [3.63, 3.8) is 0 Å². The van der Waals surface area contributed by atoms with Gasteiger partial charge in [-0.25, -0.2) is 0 Å². The van der Waals surface area contributed by atoms with Crippen LogP contribution in [0.1, 0.15) is 168 Å². The molecule has 0 aliphatic rings. The summed E-state index contributed by atoms with van der Waals surface area (Å²) in [5.41, 5.74) is 0. The van der Waals surface area contributed by atoms with Crippen LogP contribution in [0.25, 0.3) is 0 Å². The van der Waals surface area contributed by atoms with Gasteiger partial charge in [-0.1, -0.05) is 142 Å². The van der Waals surface area contributed by atoms with Crippen LogP contribution in [0, 0.1) is 0 Å². The maximum atomic E-state index is 9.95. The predicted octanol–water partition coefficient (Wildman–Crippen LogP) is 8.62. The van der Waals surface area contributed by atoms with E-state index in [2.05, 4.69) is 19.2 Å². The van der Waals surface area contributed by atoms with Crippen molar-refractivity contribution in [2.24, 2.45) is 0 Å². The van der Waals surface area contributed by atoms with Crippen molar-refractivity contribution in [2.45, 2.75) is 180 Å². The van der Waals surface area contributed by atoms with Crippen molar-refractivity contribution >= 4 is 0 Å². The van der Waals surface area contributed by atoms with Crippen molar-refractivity contribution in [2.75, 3.05) is 0 Å². The van der Waals surface area contributed by atoms with Crippen molar-refractivity contribution < 1.29 is 10.2 Å². The number of unbranched alkanes of at least 4 members (excludes halogenated alkanes) is 20. The van der Waals surface area contributed by atoms with E-state index in [9.17, 15) is 10.2 Å². The van der Waals surface area contributed by atoms with Crippen molar-refractivity contribution in [1.82, 2.24) is 5.32 Å². The lowest BCUT2D eigenvalue weighted by atomic mass is 10.0. The minimum absolute atomic E-state index is 0.553. The molecule has 0 radical (unpaired) electrons. The minimum atomic E-state index is -0.554. The predicted molar refractivity (Wildman–Crippen MR) is 137 cm³/mol. The summed E-state index contributed by atoms with van der Waals surface area (Å²) in [7, 11) is 0. The van der Waals surface area contributed by atoms with E-state index < -0.39 is 12.5 Å². The Hall–Kier alpha value is -0.120. The summed E-state index contributed by atoms with van der Waals surface area (Å²) in [6.45, 7) is 4.45. The van der Waals surface area contributed by atoms with Gasteiger partial charge in [0.25, 0.3) is 0 Å². The van der Waals surface area contributed by atoms with Crippen LogP contribution in [-0.2, 0) is 0 Å². The van der Waals surface area contributed by atoms with Crippen LogP contribution in [0.2, 0.25) is 0 Å². The molecule has 0 aliphatic heterocycles. The van der Waals surface area contributed by atoms with E-state index in [4.69, 9.17) is 0 Å². The van der Waals surface area contributed by atoms with E-state index in [1.165, 1.54) is 116 Å². The molecule has 3 N–H and O–H groups in total. The summed E-state index contributed by atoms with van der Waals surface area (Å²) in [4.78, 5) is 0. The van der Waals surface area contributed by atoms with Gasteiger partial charge >= 0.3 is 0 Å². The number of hydrogen-bond donors (Lipinski definition) is 3. The molecule has 0 fully saturated rings. The largest absolute Gasteiger partial charge is 0.379 e. The maximum absolute atomic E-state index is 9.95. The fraction of sp³-hybridized carbons (Fsp3) is 1.00. The summed E-state index contributed by atoms with van der Waals surface area (Å²) in [6.07, 6.45) is 30.0. The molecule has 0 aromatic carbocycles. The lowest BCUT2D eigenvalue weighted by molar-refractivity contribution is 0.0311. The first-order valence-electron chi connectivity index (χ1n) is 14.3. The Bertz CT molecular complexity index is 324. The monoisotopic (exact) mass is 441 g/mol.